The first-order chi connectivity index (χ1) is 33.0. The lowest BCUT2D eigenvalue weighted by molar-refractivity contribution is 0.590. The zero-order chi connectivity index (χ0) is 47.6. The van der Waals surface area contributed by atoms with Crippen molar-refractivity contribution in [3.8, 4) is 16.8 Å². The molecule has 0 saturated carbocycles. The van der Waals surface area contributed by atoms with Crippen LogP contribution in [0.5, 0.6) is 0 Å². The summed E-state index contributed by atoms with van der Waals surface area (Å²) in [5, 5.41) is 3.57. The zero-order valence-electron chi connectivity index (χ0n) is 41.8. The highest BCUT2D eigenvalue weighted by molar-refractivity contribution is 7.00. The Morgan fingerprint density at radius 1 is 0.551 bits per heavy atom. The Balaban J connectivity index is 1.13. The van der Waals surface area contributed by atoms with Crippen LogP contribution in [0.15, 0.2) is 156 Å². The van der Waals surface area contributed by atoms with Crippen LogP contribution in [0, 0.1) is 20.8 Å². The van der Waals surface area contributed by atoms with Crippen LogP contribution in [0.4, 0.5) is 34.1 Å². The number of furan rings is 1. The molecule has 0 bridgehead atoms. The number of hydrogen-bond donors (Lipinski definition) is 0. The minimum absolute atomic E-state index is 0.00980. The molecular weight excluding hydrogens is 838 g/mol. The lowest BCUT2D eigenvalue weighted by atomic mass is 9.33. The molecule has 1 aliphatic carbocycles. The first-order valence-electron chi connectivity index (χ1n) is 24.8. The number of aryl methyl sites for hydroxylation is 3. The molecule has 4 nitrogen and oxygen atoms in total. The molecule has 10 aromatic rings. The zero-order valence-corrected chi connectivity index (χ0v) is 41.8. The fourth-order valence-electron chi connectivity index (χ4n) is 12.5. The number of para-hydroxylation sites is 3. The maximum Gasteiger partial charge on any atom is 0.252 e. The van der Waals surface area contributed by atoms with Gasteiger partial charge in [-0.05, 0) is 135 Å². The fraction of sp³-hybridized carbons (Fsp3) is 0.219. The monoisotopic (exact) mass is 895 g/mol. The van der Waals surface area contributed by atoms with Gasteiger partial charge in [-0.15, -0.1) is 0 Å². The topological polar surface area (TPSA) is 24.6 Å². The third-order valence-corrected chi connectivity index (χ3v) is 15.9. The summed E-state index contributed by atoms with van der Waals surface area (Å²) in [6.45, 7) is 25.5. The van der Waals surface area contributed by atoms with E-state index in [0.717, 1.165) is 39.0 Å². The van der Waals surface area contributed by atoms with Crippen molar-refractivity contribution in [1.82, 2.24) is 4.57 Å². The van der Waals surface area contributed by atoms with Crippen LogP contribution in [0.25, 0.3) is 49.7 Å². The van der Waals surface area contributed by atoms with Crippen molar-refractivity contribution in [2.75, 3.05) is 9.80 Å². The summed E-state index contributed by atoms with van der Waals surface area (Å²) in [6.07, 6.45) is 0. The molecule has 0 fully saturated rings. The molecule has 69 heavy (non-hydrogen) atoms. The second-order valence-corrected chi connectivity index (χ2v) is 22.8. The standard InChI is InChI=1S/C64H58BN3O/c1-37-32-54-58-55(33-37)68-59-46(57-45-19-12-14-22-47(45)64(10,11)61(57)68)21-16-23-49(59)65(58)48-29-28-42(36-53(48)67(54)52-24-17-20-44-43-18-13-15-25-56(43)69-60(44)52)66(50-30-26-40(34-38(50)2)62(4,5)6)51-31-27-41(35-39(51)3)63(7,8)9/h12-36H,1-11H3. The molecular formula is C64H58BN3O. The molecule has 338 valence electrons. The van der Waals surface area contributed by atoms with Gasteiger partial charge in [0.05, 0.1) is 5.69 Å². The predicted molar refractivity (Wildman–Crippen MR) is 294 cm³/mol. The van der Waals surface area contributed by atoms with E-state index in [2.05, 4.69) is 242 Å². The molecule has 0 atom stereocenters. The summed E-state index contributed by atoms with van der Waals surface area (Å²) < 4.78 is 9.64. The van der Waals surface area contributed by atoms with E-state index in [0.29, 0.717) is 0 Å². The molecule has 3 aliphatic rings. The van der Waals surface area contributed by atoms with Gasteiger partial charge in [0.15, 0.2) is 5.58 Å². The van der Waals surface area contributed by atoms with Gasteiger partial charge in [0.25, 0.3) is 6.71 Å². The first kappa shape index (κ1) is 41.9. The van der Waals surface area contributed by atoms with Crippen molar-refractivity contribution in [3.05, 3.63) is 191 Å². The fourth-order valence-corrected chi connectivity index (χ4v) is 12.5. The molecule has 0 N–H and O–H groups in total. The maximum atomic E-state index is 6.98. The second-order valence-electron chi connectivity index (χ2n) is 22.8. The van der Waals surface area contributed by atoms with Crippen LogP contribution >= 0.6 is 0 Å². The Morgan fingerprint density at radius 2 is 1.19 bits per heavy atom. The number of rotatable bonds is 4. The molecule has 8 aromatic carbocycles. The number of hydrogen-bond acceptors (Lipinski definition) is 3. The minimum Gasteiger partial charge on any atom is -0.454 e. The molecule has 2 aliphatic heterocycles. The lowest BCUT2D eigenvalue weighted by Gasteiger charge is -2.42. The Kier molecular flexibility index (Phi) is 8.61. The van der Waals surface area contributed by atoms with Gasteiger partial charge in [0.1, 0.15) is 5.58 Å². The van der Waals surface area contributed by atoms with Gasteiger partial charge in [0, 0.05) is 72.5 Å². The Bertz CT molecular complexity index is 3790. The Morgan fingerprint density at radius 3 is 1.90 bits per heavy atom. The van der Waals surface area contributed by atoms with Crippen LogP contribution in [-0.4, -0.2) is 11.3 Å². The van der Waals surface area contributed by atoms with Crippen molar-refractivity contribution in [2.24, 2.45) is 0 Å². The quantitative estimate of drug-likeness (QED) is 0.165. The number of nitrogens with zero attached hydrogens (tertiary/aromatic N) is 3. The molecule has 4 heterocycles. The van der Waals surface area contributed by atoms with Crippen LogP contribution < -0.4 is 26.2 Å². The Labute approximate surface area is 406 Å². The molecule has 0 amide bonds. The van der Waals surface area contributed by atoms with Gasteiger partial charge in [-0.1, -0.05) is 159 Å². The van der Waals surface area contributed by atoms with Crippen LogP contribution in [-0.2, 0) is 16.2 Å². The summed E-state index contributed by atoms with van der Waals surface area (Å²) >= 11 is 0. The molecule has 2 aromatic heterocycles. The molecule has 0 spiro atoms. The maximum absolute atomic E-state index is 6.98. The summed E-state index contributed by atoms with van der Waals surface area (Å²) in [5.74, 6) is 0. The van der Waals surface area contributed by atoms with Crippen molar-refractivity contribution in [1.29, 1.82) is 0 Å². The highest BCUT2D eigenvalue weighted by atomic mass is 16.3. The second kappa shape index (κ2) is 14.2. The number of aromatic nitrogens is 1. The van der Waals surface area contributed by atoms with E-state index in [1.165, 1.54) is 100 Å². The number of anilines is 6. The molecule has 0 radical (unpaired) electrons. The van der Waals surface area contributed by atoms with E-state index in [-0.39, 0.29) is 23.0 Å². The van der Waals surface area contributed by atoms with E-state index in [4.69, 9.17) is 4.42 Å². The van der Waals surface area contributed by atoms with Crippen LogP contribution in [0.2, 0.25) is 0 Å². The summed E-state index contributed by atoms with van der Waals surface area (Å²) in [5.41, 5.74) is 26.9. The van der Waals surface area contributed by atoms with Crippen molar-refractivity contribution < 1.29 is 4.42 Å². The Hall–Kier alpha value is -7.24. The average Bonchev–Trinajstić information content (AvgIpc) is 3.95. The van der Waals surface area contributed by atoms with Gasteiger partial charge in [-0.2, -0.15) is 0 Å². The molecule has 5 heteroatoms. The van der Waals surface area contributed by atoms with Gasteiger partial charge >= 0.3 is 0 Å². The summed E-state index contributed by atoms with van der Waals surface area (Å²) in [4.78, 5) is 5.06. The van der Waals surface area contributed by atoms with Crippen LogP contribution in [0.3, 0.4) is 0 Å². The normalized spacial score (nSPS) is 14.4. The van der Waals surface area contributed by atoms with Crippen molar-refractivity contribution in [2.45, 2.75) is 92.4 Å². The average molecular weight is 896 g/mol. The van der Waals surface area contributed by atoms with E-state index < -0.39 is 0 Å². The van der Waals surface area contributed by atoms with Gasteiger partial charge < -0.3 is 18.8 Å². The first-order valence-corrected chi connectivity index (χ1v) is 24.8. The van der Waals surface area contributed by atoms with Crippen LogP contribution in [0.1, 0.15) is 94.5 Å². The smallest absolute Gasteiger partial charge is 0.252 e. The summed E-state index contributed by atoms with van der Waals surface area (Å²) in [6, 6.07) is 57.7. The highest BCUT2D eigenvalue weighted by Gasteiger charge is 2.47. The van der Waals surface area contributed by atoms with Gasteiger partial charge in [-0.3, -0.25) is 0 Å². The van der Waals surface area contributed by atoms with E-state index in [9.17, 15) is 0 Å². The summed E-state index contributed by atoms with van der Waals surface area (Å²) in [7, 11) is 0. The third-order valence-electron chi connectivity index (χ3n) is 15.9. The molecule has 0 unspecified atom stereocenters. The van der Waals surface area contributed by atoms with Crippen molar-refractivity contribution >= 4 is 90.1 Å². The minimum atomic E-state index is -0.206. The molecule has 0 saturated heterocycles. The van der Waals surface area contributed by atoms with E-state index >= 15 is 0 Å². The number of fused-ring (bicyclic) bond motifs is 12. The lowest BCUT2D eigenvalue weighted by Crippen LogP contribution is -2.60. The third kappa shape index (κ3) is 5.83. The largest absolute Gasteiger partial charge is 0.454 e. The highest BCUT2D eigenvalue weighted by Crippen LogP contribution is 2.55. The number of benzene rings is 8. The SMILES string of the molecule is Cc1cc2c3c(c1)-n1c4c(c5cccc(c51)B3c1ccc(N(c3ccc(C(C)(C)C)cc3C)c3ccc(C(C)(C)C)cc3C)cc1N2c1cccc2c1oc1ccccc12)-c1ccccc1C4(C)C. The van der Waals surface area contributed by atoms with E-state index in [1.807, 2.05) is 0 Å². The molecule has 13 rings (SSSR count). The van der Waals surface area contributed by atoms with Gasteiger partial charge in [-0.25, -0.2) is 0 Å². The van der Waals surface area contributed by atoms with E-state index in [1.54, 1.807) is 0 Å². The van der Waals surface area contributed by atoms with Crippen molar-refractivity contribution in [3.63, 3.8) is 0 Å². The predicted octanol–water partition coefficient (Wildman–Crippen LogP) is 15.4. The van der Waals surface area contributed by atoms with Gasteiger partial charge in [0.2, 0.25) is 0 Å².